The number of halogens is 1. The van der Waals surface area contributed by atoms with Crippen LogP contribution in [-0.4, -0.2) is 4.98 Å². The summed E-state index contributed by atoms with van der Waals surface area (Å²) in [5.74, 6) is 0. The highest BCUT2D eigenvalue weighted by atomic mass is 79.9. The summed E-state index contributed by atoms with van der Waals surface area (Å²) in [7, 11) is 0. The molecule has 0 saturated carbocycles. The molecule has 0 aliphatic carbocycles. The van der Waals surface area contributed by atoms with Crippen molar-refractivity contribution in [2.75, 3.05) is 0 Å². The predicted molar refractivity (Wildman–Crippen MR) is 91.0 cm³/mol. The molecule has 108 valence electrons. The molecule has 0 N–H and O–H groups in total. The number of benzene rings is 1. The monoisotopic (exact) mass is 333 g/mol. The van der Waals surface area contributed by atoms with Crippen LogP contribution in [0, 0.1) is 0 Å². The van der Waals surface area contributed by atoms with Gasteiger partial charge in [0.1, 0.15) is 0 Å². The van der Waals surface area contributed by atoms with Crippen LogP contribution in [-0.2, 0) is 12.8 Å². The van der Waals surface area contributed by atoms with Gasteiger partial charge in [-0.05, 0) is 48.6 Å². The highest BCUT2D eigenvalue weighted by Crippen LogP contribution is 2.11. The lowest BCUT2D eigenvalue weighted by atomic mass is 10.1. The fourth-order valence-corrected chi connectivity index (χ4v) is 2.13. The van der Waals surface area contributed by atoms with Crippen molar-refractivity contribution < 1.29 is 0 Å². The third-order valence-electron chi connectivity index (χ3n) is 2.99. The second-order valence-electron chi connectivity index (χ2n) is 4.84. The van der Waals surface area contributed by atoms with Gasteiger partial charge < -0.3 is 0 Å². The van der Waals surface area contributed by atoms with Crippen molar-refractivity contribution in [1.29, 1.82) is 0 Å². The summed E-state index contributed by atoms with van der Waals surface area (Å²) in [5.41, 5.74) is 2.77. The number of aryl methyl sites for hydroxylation is 2. The minimum Gasteiger partial charge on any atom is -0.264 e. The van der Waals surface area contributed by atoms with E-state index in [-0.39, 0.29) is 0 Å². The van der Waals surface area contributed by atoms with Gasteiger partial charge in [0.05, 0.1) is 0 Å². The van der Waals surface area contributed by atoms with Crippen LogP contribution in [0.4, 0.5) is 0 Å². The number of nitrogens with zero attached hydrogens (tertiary/aromatic N) is 1. The van der Waals surface area contributed by atoms with Crippen LogP contribution in [0.1, 0.15) is 44.2 Å². The highest BCUT2D eigenvalue weighted by molar-refractivity contribution is 9.10. The maximum atomic E-state index is 4.04. The summed E-state index contributed by atoms with van der Waals surface area (Å²) >= 11 is 3.40. The fraction of sp³-hybridized carbons (Fsp3) is 0.389. The Hall–Kier alpha value is -1.15. The van der Waals surface area contributed by atoms with Gasteiger partial charge in [-0.15, -0.1) is 0 Å². The maximum absolute atomic E-state index is 4.04. The lowest BCUT2D eigenvalue weighted by Crippen LogP contribution is -1.83. The van der Waals surface area contributed by atoms with E-state index in [1.807, 2.05) is 18.5 Å². The number of unbranched alkanes of at least 4 members (excludes halogenated alkanes) is 1. The first-order valence-corrected chi connectivity index (χ1v) is 8.19. The Morgan fingerprint density at radius 1 is 0.900 bits per heavy atom. The Morgan fingerprint density at radius 2 is 1.65 bits per heavy atom. The van der Waals surface area contributed by atoms with Gasteiger partial charge in [0.2, 0.25) is 0 Å². The number of hydrogen-bond donors (Lipinski definition) is 0. The minimum atomic E-state index is 1.16. The Labute approximate surface area is 131 Å². The largest absolute Gasteiger partial charge is 0.264 e. The van der Waals surface area contributed by atoms with Crippen LogP contribution in [0.2, 0.25) is 0 Å². The molecule has 0 radical (unpaired) electrons. The third-order valence-corrected chi connectivity index (χ3v) is 3.52. The smallest absolute Gasteiger partial charge is 0.0299 e. The molecule has 0 amide bonds. The van der Waals surface area contributed by atoms with Crippen molar-refractivity contribution in [2.24, 2.45) is 0 Å². The SMILES string of the molecule is CCCCc1cccnc1.CCCc1ccc(Br)cc1. The van der Waals surface area contributed by atoms with Crippen LogP contribution in [0.15, 0.2) is 53.3 Å². The van der Waals surface area contributed by atoms with E-state index in [4.69, 9.17) is 0 Å². The molecule has 0 unspecified atom stereocenters. The van der Waals surface area contributed by atoms with E-state index < -0.39 is 0 Å². The topological polar surface area (TPSA) is 12.9 Å². The summed E-state index contributed by atoms with van der Waals surface area (Å²) < 4.78 is 1.16. The average molecular weight is 334 g/mol. The molecule has 0 fully saturated rings. The van der Waals surface area contributed by atoms with E-state index in [9.17, 15) is 0 Å². The molecular weight excluding hydrogens is 310 g/mol. The molecule has 0 spiro atoms. The van der Waals surface area contributed by atoms with Crippen molar-refractivity contribution in [2.45, 2.75) is 46.0 Å². The normalized spacial score (nSPS) is 9.75. The van der Waals surface area contributed by atoms with E-state index in [0.29, 0.717) is 0 Å². The molecule has 1 heterocycles. The third kappa shape index (κ3) is 7.44. The van der Waals surface area contributed by atoms with Crippen molar-refractivity contribution in [3.05, 3.63) is 64.4 Å². The molecule has 0 saturated heterocycles. The van der Waals surface area contributed by atoms with Crippen molar-refractivity contribution >= 4 is 15.9 Å². The Bertz CT molecular complexity index is 451. The zero-order chi connectivity index (χ0) is 14.6. The first-order chi connectivity index (χ1) is 9.76. The van der Waals surface area contributed by atoms with Gasteiger partial charge in [0, 0.05) is 16.9 Å². The second kappa shape index (κ2) is 10.6. The molecule has 0 aliphatic heterocycles. The van der Waals surface area contributed by atoms with Crippen LogP contribution < -0.4 is 0 Å². The predicted octanol–water partition coefficient (Wildman–Crippen LogP) is 5.83. The molecule has 2 rings (SSSR count). The van der Waals surface area contributed by atoms with E-state index in [0.717, 1.165) is 4.47 Å². The van der Waals surface area contributed by atoms with Crippen LogP contribution in [0.25, 0.3) is 0 Å². The van der Waals surface area contributed by atoms with Crippen molar-refractivity contribution in [3.8, 4) is 0 Å². The second-order valence-corrected chi connectivity index (χ2v) is 5.76. The summed E-state index contributed by atoms with van der Waals surface area (Å²) in [6.07, 6.45) is 9.87. The fourth-order valence-electron chi connectivity index (χ4n) is 1.87. The highest BCUT2D eigenvalue weighted by Gasteiger charge is 1.89. The lowest BCUT2D eigenvalue weighted by molar-refractivity contribution is 0.792. The van der Waals surface area contributed by atoms with Gasteiger partial charge in [-0.25, -0.2) is 0 Å². The molecule has 0 aliphatic rings. The lowest BCUT2D eigenvalue weighted by Gasteiger charge is -1.96. The summed E-state index contributed by atoms with van der Waals surface area (Å²) in [5, 5.41) is 0. The summed E-state index contributed by atoms with van der Waals surface area (Å²) in [6.45, 7) is 4.40. The van der Waals surface area contributed by atoms with Gasteiger partial charge >= 0.3 is 0 Å². The van der Waals surface area contributed by atoms with Gasteiger partial charge in [-0.1, -0.05) is 60.8 Å². The molecule has 0 atom stereocenters. The summed E-state index contributed by atoms with van der Waals surface area (Å²) in [4.78, 5) is 4.04. The quantitative estimate of drug-likeness (QED) is 0.671. The standard InChI is InChI=1S/C9H11Br.C9H13N/c1-2-3-8-4-6-9(10)7-5-8;1-2-3-5-9-6-4-7-10-8-9/h4-7H,2-3H2,1H3;4,6-8H,2-3,5H2,1H3. The molecular formula is C18H24BrN. The molecule has 1 aromatic carbocycles. The zero-order valence-electron chi connectivity index (χ0n) is 12.5. The van der Waals surface area contributed by atoms with Crippen LogP contribution in [0.3, 0.4) is 0 Å². The Kier molecular flexibility index (Phi) is 8.97. The number of aromatic nitrogens is 1. The molecule has 1 aromatic heterocycles. The molecule has 1 nitrogen and oxygen atoms in total. The first kappa shape index (κ1) is 16.9. The minimum absolute atomic E-state index is 1.16. The van der Waals surface area contributed by atoms with Gasteiger partial charge in [-0.3, -0.25) is 4.98 Å². The Balaban J connectivity index is 0.000000200. The van der Waals surface area contributed by atoms with E-state index in [1.54, 1.807) is 0 Å². The molecule has 0 bridgehead atoms. The van der Waals surface area contributed by atoms with Crippen molar-refractivity contribution in [3.63, 3.8) is 0 Å². The molecule has 2 heteroatoms. The number of pyridine rings is 1. The van der Waals surface area contributed by atoms with Gasteiger partial charge in [0.25, 0.3) is 0 Å². The zero-order valence-corrected chi connectivity index (χ0v) is 14.1. The van der Waals surface area contributed by atoms with E-state index in [2.05, 4.69) is 65.1 Å². The Morgan fingerprint density at radius 3 is 2.20 bits per heavy atom. The maximum Gasteiger partial charge on any atom is 0.0299 e. The van der Waals surface area contributed by atoms with Crippen molar-refractivity contribution in [1.82, 2.24) is 4.98 Å². The number of hydrogen-bond acceptors (Lipinski definition) is 1. The van der Waals surface area contributed by atoms with Gasteiger partial charge in [-0.2, -0.15) is 0 Å². The average Bonchev–Trinajstić information content (AvgIpc) is 2.49. The van der Waals surface area contributed by atoms with E-state index >= 15 is 0 Å². The van der Waals surface area contributed by atoms with E-state index in [1.165, 1.54) is 43.2 Å². The summed E-state index contributed by atoms with van der Waals surface area (Å²) in [6, 6.07) is 12.6. The number of rotatable bonds is 5. The first-order valence-electron chi connectivity index (χ1n) is 7.39. The molecule has 20 heavy (non-hydrogen) atoms. The molecule has 2 aromatic rings. The van der Waals surface area contributed by atoms with Crippen LogP contribution in [0.5, 0.6) is 0 Å². The van der Waals surface area contributed by atoms with Gasteiger partial charge in [0.15, 0.2) is 0 Å². The van der Waals surface area contributed by atoms with Crippen LogP contribution >= 0.6 is 15.9 Å².